The molecule has 3 N–H and O–H groups in total. The monoisotopic (exact) mass is 1100 g/mol. The summed E-state index contributed by atoms with van der Waals surface area (Å²) in [4.78, 5) is 14.0. The molecule has 0 unspecified atom stereocenters. The first-order valence-corrected chi connectivity index (χ1v) is 26.9. The molecule has 0 spiro atoms. The number of hydrogen-bond acceptors (Lipinski definition) is 15. The lowest BCUT2D eigenvalue weighted by Crippen LogP contribution is -2.05. The largest absolute Gasteiger partial charge is 0.488 e. The predicted molar refractivity (Wildman–Crippen MR) is 310 cm³/mol. The molecule has 0 aliphatic heterocycles. The molecule has 0 atom stereocenters. The van der Waals surface area contributed by atoms with E-state index in [2.05, 4.69) is 64.7 Å². The zero-order chi connectivity index (χ0) is 51.2. The summed E-state index contributed by atoms with van der Waals surface area (Å²) in [6.45, 7) is 0.770. The van der Waals surface area contributed by atoms with Gasteiger partial charge >= 0.3 is 0 Å². The Morgan fingerprint density at radius 3 is 0.960 bits per heavy atom. The van der Waals surface area contributed by atoms with Crippen molar-refractivity contribution in [2.75, 3.05) is 16.3 Å². The number of anilines is 3. The van der Waals surface area contributed by atoms with Gasteiger partial charge in [-0.3, -0.25) is 16.3 Å². The van der Waals surface area contributed by atoms with Gasteiger partial charge in [0.15, 0.2) is 0 Å². The van der Waals surface area contributed by atoms with Crippen molar-refractivity contribution in [3.63, 3.8) is 0 Å². The number of nitrogens with one attached hydrogen (secondary N) is 3. The third kappa shape index (κ3) is 14.0. The minimum absolute atomic E-state index is 0.257. The molecular weight excluding hydrogens is 1060 g/mol. The highest BCUT2D eigenvalue weighted by molar-refractivity contribution is 7.14. The molecule has 12 nitrogen and oxygen atoms in total. The maximum atomic E-state index is 6.50. The summed E-state index contributed by atoms with van der Waals surface area (Å²) in [5, 5.41) is 23.4. The average molecular weight is 1100 g/mol. The summed E-state index contributed by atoms with van der Waals surface area (Å²) in [5.74, 6) is 1.97. The molecule has 0 saturated carbocycles. The highest BCUT2D eigenvalue weighted by Gasteiger charge is 2.12. The molecule has 3 heterocycles. The van der Waals surface area contributed by atoms with Crippen LogP contribution in [-0.2, 0) is 19.8 Å². The van der Waals surface area contributed by atoms with Gasteiger partial charge in [0.1, 0.15) is 37.1 Å². The molecule has 0 bridgehead atoms. The Balaban J connectivity index is 0.832. The van der Waals surface area contributed by atoms with Gasteiger partial charge in [0, 0.05) is 64.6 Å². The Kier molecular flexibility index (Phi) is 16.8. The highest BCUT2D eigenvalue weighted by Crippen LogP contribution is 2.30. The molecule has 10 aromatic rings. The minimum Gasteiger partial charge on any atom is -0.488 e. The van der Waals surface area contributed by atoms with E-state index in [0.29, 0.717) is 47.7 Å². The fourth-order valence-electron chi connectivity index (χ4n) is 7.43. The van der Waals surface area contributed by atoms with Gasteiger partial charge in [-0.25, -0.2) is 15.0 Å². The van der Waals surface area contributed by atoms with E-state index >= 15 is 0 Å². The maximum absolute atomic E-state index is 6.50. The van der Waals surface area contributed by atoms with Crippen LogP contribution in [0.25, 0.3) is 33.8 Å². The van der Waals surface area contributed by atoms with Crippen LogP contribution in [0, 0.1) is 0 Å². The number of thiazole rings is 3. The van der Waals surface area contributed by atoms with Crippen molar-refractivity contribution in [2.24, 2.45) is 15.3 Å². The van der Waals surface area contributed by atoms with Crippen LogP contribution >= 0.6 is 68.8 Å². The van der Waals surface area contributed by atoms with E-state index in [1.165, 1.54) is 34.0 Å². The molecule has 18 heteroatoms. The van der Waals surface area contributed by atoms with Crippen LogP contribution in [0.15, 0.2) is 195 Å². The van der Waals surface area contributed by atoms with Crippen LogP contribution in [0.2, 0.25) is 15.1 Å². The third-order valence-electron chi connectivity index (χ3n) is 11.1. The number of benzene rings is 7. The van der Waals surface area contributed by atoms with Crippen molar-refractivity contribution in [1.82, 2.24) is 15.0 Å². The van der Waals surface area contributed by atoms with Crippen LogP contribution in [-0.4, -0.2) is 33.6 Å². The second kappa shape index (κ2) is 24.9. The predicted octanol–water partition coefficient (Wildman–Crippen LogP) is 16.1. The van der Waals surface area contributed by atoms with E-state index in [-0.39, 0.29) is 19.8 Å². The van der Waals surface area contributed by atoms with Crippen LogP contribution in [0.1, 0.15) is 33.4 Å². The van der Waals surface area contributed by atoms with Gasteiger partial charge in [-0.2, -0.15) is 15.3 Å². The molecule has 75 heavy (non-hydrogen) atoms. The lowest BCUT2D eigenvalue weighted by Gasteiger charge is -2.15. The summed E-state index contributed by atoms with van der Waals surface area (Å²) in [6, 6.07) is 52.1. The quantitative estimate of drug-likeness (QED) is 0.0474. The summed E-state index contributed by atoms with van der Waals surface area (Å²) >= 11 is 22.6. The zero-order valence-corrected chi connectivity index (χ0v) is 44.2. The molecule has 3 aromatic heterocycles. The highest BCUT2D eigenvalue weighted by atomic mass is 35.5. The molecule has 0 aliphatic rings. The number of rotatable bonds is 21. The van der Waals surface area contributed by atoms with Crippen molar-refractivity contribution >= 4 is 103 Å². The van der Waals surface area contributed by atoms with Crippen molar-refractivity contribution < 1.29 is 14.2 Å². The number of para-hydroxylation sites is 3. The van der Waals surface area contributed by atoms with Gasteiger partial charge in [-0.05, 0) is 108 Å². The SMILES string of the molecule is Clc1ccc(-c2csc(N/N=C/c3ccccc3OCc3cc(COc4ccccc4/C=N/Nc4nc(-c5ccc(Cl)cc5)cs4)cc(COc4ccccc4/C=N/Nc4nc(-c5ccc(Cl)cc5)cs4)c3)n2)cc1. The molecule has 10 rings (SSSR count). The Hall–Kier alpha value is -7.89. The zero-order valence-electron chi connectivity index (χ0n) is 39.4. The van der Waals surface area contributed by atoms with Crippen LogP contribution in [0.3, 0.4) is 0 Å². The minimum atomic E-state index is 0.257. The topological polar surface area (TPSA) is 140 Å². The van der Waals surface area contributed by atoms with Crippen molar-refractivity contribution in [2.45, 2.75) is 19.8 Å². The average Bonchev–Trinajstić information content (AvgIpc) is 4.24. The normalized spacial score (nSPS) is 11.4. The lowest BCUT2D eigenvalue weighted by atomic mass is 10.1. The first-order valence-electron chi connectivity index (χ1n) is 23.1. The van der Waals surface area contributed by atoms with E-state index in [4.69, 9.17) is 49.0 Å². The van der Waals surface area contributed by atoms with Crippen molar-refractivity contribution in [3.05, 3.63) is 228 Å². The molecule has 7 aromatic carbocycles. The number of halogens is 3. The molecule has 0 aliphatic carbocycles. The second-order valence-electron chi connectivity index (χ2n) is 16.4. The maximum Gasteiger partial charge on any atom is 0.203 e. The van der Waals surface area contributed by atoms with Crippen molar-refractivity contribution in [1.29, 1.82) is 0 Å². The summed E-state index contributed by atoms with van der Waals surface area (Å²) < 4.78 is 19.5. The van der Waals surface area contributed by atoms with Gasteiger partial charge in [0.05, 0.1) is 35.7 Å². The Morgan fingerprint density at radius 2 is 0.667 bits per heavy atom. The summed E-state index contributed by atoms with van der Waals surface area (Å²) in [5.41, 5.74) is 19.7. The second-order valence-corrected chi connectivity index (χ2v) is 20.3. The number of nitrogens with zero attached hydrogens (tertiary/aromatic N) is 6. The molecular formula is C57H42Cl3N9O3S3. The van der Waals surface area contributed by atoms with Gasteiger partial charge in [0.2, 0.25) is 15.4 Å². The molecule has 372 valence electrons. The number of ether oxygens (including phenoxy) is 3. The summed E-state index contributed by atoms with van der Waals surface area (Å²) in [6.07, 6.45) is 5.17. The van der Waals surface area contributed by atoms with E-state index in [1.807, 2.05) is 162 Å². The fourth-order valence-corrected chi connectivity index (χ4v) is 9.82. The third-order valence-corrected chi connectivity index (χ3v) is 14.1. The molecule has 0 fully saturated rings. The Labute approximate surface area is 459 Å². The smallest absolute Gasteiger partial charge is 0.203 e. The first kappa shape index (κ1) is 50.6. The van der Waals surface area contributed by atoms with Gasteiger partial charge in [0.25, 0.3) is 0 Å². The number of hydrogen-bond donors (Lipinski definition) is 3. The van der Waals surface area contributed by atoms with Crippen LogP contribution in [0.4, 0.5) is 15.4 Å². The molecule has 0 radical (unpaired) electrons. The van der Waals surface area contributed by atoms with Gasteiger partial charge < -0.3 is 14.2 Å². The molecule has 0 saturated heterocycles. The summed E-state index contributed by atoms with van der Waals surface area (Å²) in [7, 11) is 0. The number of hydrazone groups is 3. The fraction of sp³-hybridized carbons (Fsp3) is 0.0526. The lowest BCUT2D eigenvalue weighted by molar-refractivity contribution is 0.293. The van der Waals surface area contributed by atoms with Gasteiger partial charge in [-0.15, -0.1) is 34.0 Å². The molecule has 0 amide bonds. The van der Waals surface area contributed by atoms with Crippen LogP contribution in [0.5, 0.6) is 17.2 Å². The number of aromatic nitrogens is 3. The van der Waals surface area contributed by atoms with E-state index in [1.54, 1.807) is 18.6 Å². The van der Waals surface area contributed by atoms with E-state index < -0.39 is 0 Å². The first-order chi connectivity index (χ1) is 36.8. The van der Waals surface area contributed by atoms with Gasteiger partial charge in [-0.1, -0.05) is 108 Å². The van der Waals surface area contributed by atoms with Crippen molar-refractivity contribution in [3.8, 4) is 51.0 Å². The Bertz CT molecular complexity index is 3220. The standard InChI is InChI=1S/C57H42Cl3N9O3S3/c58-46-19-13-40(14-20-46)49-34-73-55(64-49)67-61-28-43-7-1-4-10-52(43)70-31-37-25-38(32-71-53-11-5-2-8-44(53)29-62-68-56-65-50(35-74-56)41-15-21-47(59)22-16-41)27-39(26-37)33-72-54-12-6-3-9-45(54)30-63-69-57-66-51(36-75-57)42-17-23-48(60)24-18-42/h1-30,34-36H,31-33H2,(H,64,67)(H,65,68)(H,66,69)/b61-28+,62-29+,63-30+. The van der Waals surface area contributed by atoms with Crippen LogP contribution < -0.4 is 30.5 Å². The van der Waals surface area contributed by atoms with E-state index in [9.17, 15) is 0 Å². The Morgan fingerprint density at radius 1 is 0.387 bits per heavy atom. The van der Waals surface area contributed by atoms with E-state index in [0.717, 1.165) is 67.2 Å².